The van der Waals surface area contributed by atoms with Gasteiger partial charge in [-0.2, -0.15) is 13.2 Å². The standard InChI is InChI=1S/C31H40F3NO6/c1-3-40-30(2,28(36)37)24-12-16-26(17-13-24)39-22-21-35(20-8-7-11-23-9-5-4-6-10-23)29(38)41-27-18-14-25(15-19-27)31(32,33)34/h12-19,23H,3-11,20-22H2,1-2H3,(H,36,37). The highest BCUT2D eigenvalue weighted by Crippen LogP contribution is 2.31. The maximum absolute atomic E-state index is 13.0. The Labute approximate surface area is 239 Å². The van der Waals surface area contributed by atoms with Crippen LogP contribution in [0.3, 0.4) is 0 Å². The number of carbonyl (C=O) groups excluding carboxylic acids is 1. The third-order valence-electron chi connectivity index (χ3n) is 7.54. The zero-order valence-electron chi connectivity index (χ0n) is 23.8. The van der Waals surface area contributed by atoms with E-state index in [1.54, 1.807) is 31.2 Å². The first-order valence-electron chi connectivity index (χ1n) is 14.3. The molecule has 2 aromatic carbocycles. The van der Waals surface area contributed by atoms with E-state index in [1.165, 1.54) is 43.9 Å². The van der Waals surface area contributed by atoms with Crippen molar-refractivity contribution in [1.82, 2.24) is 4.90 Å². The monoisotopic (exact) mass is 579 g/mol. The van der Waals surface area contributed by atoms with Crippen molar-refractivity contribution in [2.75, 3.05) is 26.3 Å². The minimum atomic E-state index is -4.47. The van der Waals surface area contributed by atoms with Gasteiger partial charge >= 0.3 is 18.2 Å². The van der Waals surface area contributed by atoms with Crippen molar-refractivity contribution in [2.45, 2.75) is 77.0 Å². The molecule has 1 amide bonds. The highest BCUT2D eigenvalue weighted by atomic mass is 19.4. The molecule has 226 valence electrons. The summed E-state index contributed by atoms with van der Waals surface area (Å²) >= 11 is 0. The van der Waals surface area contributed by atoms with Crippen molar-refractivity contribution in [2.24, 2.45) is 5.92 Å². The molecule has 0 bridgehead atoms. The number of benzene rings is 2. The number of alkyl halides is 3. The lowest BCUT2D eigenvalue weighted by Gasteiger charge is -2.25. The van der Waals surface area contributed by atoms with Gasteiger partial charge in [-0.1, -0.05) is 57.1 Å². The molecule has 41 heavy (non-hydrogen) atoms. The van der Waals surface area contributed by atoms with E-state index in [0.29, 0.717) is 17.9 Å². The first kappa shape index (κ1) is 32.2. The summed E-state index contributed by atoms with van der Waals surface area (Å²) in [6.07, 6.45) is 4.08. The number of hydrogen-bond donors (Lipinski definition) is 1. The van der Waals surface area contributed by atoms with Gasteiger partial charge in [-0.3, -0.25) is 0 Å². The first-order chi connectivity index (χ1) is 19.5. The van der Waals surface area contributed by atoms with Gasteiger partial charge in [0.05, 0.1) is 12.1 Å². The van der Waals surface area contributed by atoms with E-state index < -0.39 is 29.4 Å². The van der Waals surface area contributed by atoms with Crippen LogP contribution in [0.5, 0.6) is 11.5 Å². The highest BCUT2D eigenvalue weighted by Gasteiger charge is 2.36. The molecule has 1 fully saturated rings. The molecule has 2 aromatic rings. The van der Waals surface area contributed by atoms with E-state index >= 15 is 0 Å². The van der Waals surface area contributed by atoms with E-state index in [2.05, 4.69) is 0 Å². The highest BCUT2D eigenvalue weighted by molar-refractivity contribution is 5.79. The van der Waals surface area contributed by atoms with Gasteiger partial charge in [-0.05, 0) is 68.1 Å². The van der Waals surface area contributed by atoms with Gasteiger partial charge in [0.2, 0.25) is 0 Å². The molecule has 0 aliphatic heterocycles. The fourth-order valence-electron chi connectivity index (χ4n) is 5.08. The quantitative estimate of drug-likeness (QED) is 0.231. The lowest BCUT2D eigenvalue weighted by atomic mass is 9.86. The Morgan fingerprint density at radius 3 is 2.10 bits per heavy atom. The zero-order valence-corrected chi connectivity index (χ0v) is 23.8. The molecule has 0 radical (unpaired) electrons. The Morgan fingerprint density at radius 2 is 1.51 bits per heavy atom. The lowest BCUT2D eigenvalue weighted by molar-refractivity contribution is -0.164. The molecule has 3 rings (SSSR count). The van der Waals surface area contributed by atoms with Gasteiger partial charge in [0.1, 0.15) is 18.1 Å². The predicted octanol–water partition coefficient (Wildman–Crippen LogP) is 7.67. The van der Waals surface area contributed by atoms with Crippen LogP contribution in [0, 0.1) is 5.92 Å². The number of ether oxygens (including phenoxy) is 3. The van der Waals surface area contributed by atoms with Crippen LogP contribution >= 0.6 is 0 Å². The minimum absolute atomic E-state index is 0.0301. The average molecular weight is 580 g/mol. The summed E-state index contributed by atoms with van der Waals surface area (Å²) in [4.78, 5) is 26.2. The van der Waals surface area contributed by atoms with Crippen molar-refractivity contribution in [3.63, 3.8) is 0 Å². The molecule has 1 aliphatic rings. The van der Waals surface area contributed by atoms with Gasteiger partial charge in [0.25, 0.3) is 0 Å². The van der Waals surface area contributed by atoms with Crippen molar-refractivity contribution in [3.05, 3.63) is 59.7 Å². The second-order valence-corrected chi connectivity index (χ2v) is 10.5. The molecule has 1 atom stereocenters. The number of aliphatic carboxylic acids is 1. The summed E-state index contributed by atoms with van der Waals surface area (Å²) in [5.41, 5.74) is -1.83. The van der Waals surface area contributed by atoms with E-state index in [9.17, 15) is 27.9 Å². The molecule has 1 unspecified atom stereocenters. The molecular weight excluding hydrogens is 539 g/mol. The van der Waals surface area contributed by atoms with E-state index in [1.807, 2.05) is 0 Å². The summed E-state index contributed by atoms with van der Waals surface area (Å²) in [5.74, 6) is 0.154. The maximum atomic E-state index is 13.0. The van der Waals surface area contributed by atoms with E-state index in [0.717, 1.165) is 49.4 Å². The Morgan fingerprint density at radius 1 is 0.902 bits per heavy atom. The number of hydrogen-bond acceptors (Lipinski definition) is 5. The van der Waals surface area contributed by atoms with E-state index in [4.69, 9.17) is 14.2 Å². The lowest BCUT2D eigenvalue weighted by Crippen LogP contribution is -2.37. The van der Waals surface area contributed by atoms with Crippen molar-refractivity contribution in [1.29, 1.82) is 0 Å². The Kier molecular flexibility index (Phi) is 11.9. The summed E-state index contributed by atoms with van der Waals surface area (Å²) < 4.78 is 55.3. The fraction of sp³-hybridized carbons (Fsp3) is 0.548. The molecule has 1 saturated carbocycles. The average Bonchev–Trinajstić information content (AvgIpc) is 2.95. The molecule has 0 spiro atoms. The third-order valence-corrected chi connectivity index (χ3v) is 7.54. The van der Waals surface area contributed by atoms with Crippen LogP contribution in [0.2, 0.25) is 0 Å². The van der Waals surface area contributed by atoms with Crippen molar-refractivity contribution >= 4 is 12.1 Å². The van der Waals surface area contributed by atoms with Crippen LogP contribution in [0.4, 0.5) is 18.0 Å². The number of halogens is 3. The topological polar surface area (TPSA) is 85.3 Å². The molecule has 1 N–H and O–H groups in total. The first-order valence-corrected chi connectivity index (χ1v) is 14.3. The molecule has 0 heterocycles. The number of unbranched alkanes of at least 4 members (excludes halogenated alkanes) is 1. The molecule has 1 aliphatic carbocycles. The van der Waals surface area contributed by atoms with E-state index in [-0.39, 0.29) is 25.5 Å². The van der Waals surface area contributed by atoms with Crippen LogP contribution < -0.4 is 9.47 Å². The molecule has 0 aromatic heterocycles. The van der Waals surface area contributed by atoms with Crippen LogP contribution in [0.25, 0.3) is 0 Å². The molecule has 0 saturated heterocycles. The van der Waals surface area contributed by atoms with Gasteiger partial charge in [0.15, 0.2) is 5.60 Å². The van der Waals surface area contributed by atoms with Gasteiger partial charge < -0.3 is 24.2 Å². The third kappa shape index (κ3) is 9.66. The maximum Gasteiger partial charge on any atom is 0.416 e. The van der Waals surface area contributed by atoms with Crippen molar-refractivity contribution < 1.29 is 42.1 Å². The number of nitrogens with zero attached hydrogens (tertiary/aromatic N) is 1. The summed E-state index contributed by atoms with van der Waals surface area (Å²) in [5, 5.41) is 9.60. The van der Waals surface area contributed by atoms with Gasteiger partial charge in [-0.25, -0.2) is 9.59 Å². The Hall–Kier alpha value is -3.27. The second kappa shape index (κ2) is 15.1. The minimum Gasteiger partial charge on any atom is -0.492 e. The van der Waals surface area contributed by atoms with Gasteiger partial charge in [0, 0.05) is 13.2 Å². The normalized spacial score (nSPS) is 15.6. The predicted molar refractivity (Wildman–Crippen MR) is 148 cm³/mol. The zero-order chi connectivity index (χ0) is 29.9. The van der Waals surface area contributed by atoms with Crippen LogP contribution in [-0.2, 0) is 21.3 Å². The van der Waals surface area contributed by atoms with Crippen LogP contribution in [0.15, 0.2) is 48.5 Å². The summed E-state index contributed by atoms with van der Waals surface area (Å²) in [6, 6.07) is 10.6. The van der Waals surface area contributed by atoms with Crippen LogP contribution in [-0.4, -0.2) is 48.4 Å². The van der Waals surface area contributed by atoms with Crippen molar-refractivity contribution in [3.8, 4) is 11.5 Å². The Bertz CT molecular complexity index is 1100. The number of amides is 1. The number of carbonyl (C=O) groups is 2. The number of carboxylic acid groups (broad SMARTS) is 1. The molecule has 7 nitrogen and oxygen atoms in total. The number of rotatable bonds is 14. The van der Waals surface area contributed by atoms with Gasteiger partial charge in [-0.15, -0.1) is 0 Å². The molecular formula is C31H40F3NO6. The largest absolute Gasteiger partial charge is 0.492 e. The molecule has 10 heteroatoms. The van der Waals surface area contributed by atoms with Crippen LogP contribution in [0.1, 0.15) is 76.3 Å². The summed E-state index contributed by atoms with van der Waals surface area (Å²) in [7, 11) is 0. The SMILES string of the molecule is CCOC(C)(C(=O)O)c1ccc(OCCN(CCCCC2CCCCC2)C(=O)Oc2ccc(C(F)(F)F)cc2)cc1. The summed E-state index contributed by atoms with van der Waals surface area (Å²) in [6.45, 7) is 4.23. The fourth-order valence-corrected chi connectivity index (χ4v) is 5.08. The Balaban J connectivity index is 1.59. The smallest absolute Gasteiger partial charge is 0.416 e. The number of carboxylic acids is 1. The second-order valence-electron chi connectivity index (χ2n) is 10.5.